The maximum absolute atomic E-state index is 11.0. The van der Waals surface area contributed by atoms with Gasteiger partial charge >= 0.3 is 0 Å². The first-order valence-corrected chi connectivity index (χ1v) is 6.69. The van der Waals surface area contributed by atoms with Crippen molar-refractivity contribution in [2.45, 2.75) is 17.9 Å². The number of aliphatic hydroxyl groups excluding tert-OH is 1. The molecule has 0 spiro atoms. The zero-order valence-electron chi connectivity index (χ0n) is 10.7. The Balaban J connectivity index is 1.99. The quantitative estimate of drug-likeness (QED) is 0.884. The van der Waals surface area contributed by atoms with E-state index in [0.717, 1.165) is 11.1 Å². The van der Waals surface area contributed by atoms with Gasteiger partial charge in [-0.3, -0.25) is 0 Å². The third-order valence-corrected chi connectivity index (χ3v) is 4.23. The van der Waals surface area contributed by atoms with Crippen molar-refractivity contribution < 1.29 is 10.2 Å². The predicted octanol–water partition coefficient (Wildman–Crippen LogP) is 2.67. The molecule has 0 unspecified atom stereocenters. The van der Waals surface area contributed by atoms with E-state index in [4.69, 9.17) is 0 Å². The van der Waals surface area contributed by atoms with Crippen molar-refractivity contribution in [1.29, 1.82) is 0 Å². The molecule has 0 aliphatic heterocycles. The Morgan fingerprint density at radius 1 is 0.947 bits per heavy atom. The van der Waals surface area contributed by atoms with Crippen LogP contribution >= 0.6 is 0 Å². The Labute approximate surface area is 113 Å². The summed E-state index contributed by atoms with van der Waals surface area (Å²) in [5.74, 6) is 0.105. The summed E-state index contributed by atoms with van der Waals surface area (Å²) < 4.78 is 0. The summed E-state index contributed by atoms with van der Waals surface area (Å²) >= 11 is 0. The number of rotatable bonds is 3. The minimum absolute atomic E-state index is 0.0268. The van der Waals surface area contributed by atoms with Crippen molar-refractivity contribution in [1.82, 2.24) is 0 Å². The van der Waals surface area contributed by atoms with Crippen LogP contribution in [0.15, 0.2) is 60.7 Å². The molecule has 1 aliphatic carbocycles. The minimum atomic E-state index is -0.851. The first-order chi connectivity index (χ1) is 9.25. The smallest absolute Gasteiger partial charge is 0.0972 e. The van der Waals surface area contributed by atoms with E-state index in [1.165, 1.54) is 0 Å². The Bertz CT molecular complexity index is 538. The molecule has 0 saturated heterocycles. The highest BCUT2D eigenvalue weighted by atomic mass is 16.3. The van der Waals surface area contributed by atoms with Gasteiger partial charge in [-0.1, -0.05) is 60.7 Å². The van der Waals surface area contributed by atoms with Crippen LogP contribution in [0.1, 0.15) is 23.5 Å². The topological polar surface area (TPSA) is 40.5 Å². The lowest BCUT2D eigenvalue weighted by Crippen LogP contribution is -2.50. The summed E-state index contributed by atoms with van der Waals surface area (Å²) in [6.45, 7) is 0.120. The van der Waals surface area contributed by atoms with Gasteiger partial charge in [-0.05, 0) is 23.5 Å². The van der Waals surface area contributed by atoms with Gasteiger partial charge in [-0.15, -0.1) is 0 Å². The molecule has 0 amide bonds. The fraction of sp³-hybridized carbons (Fsp3) is 0.294. The fourth-order valence-electron chi connectivity index (χ4n) is 3.28. The molecule has 0 aromatic heterocycles. The zero-order valence-corrected chi connectivity index (χ0v) is 10.7. The van der Waals surface area contributed by atoms with Crippen LogP contribution in [-0.2, 0) is 5.60 Å². The lowest BCUT2D eigenvalue weighted by molar-refractivity contribution is -0.120. The maximum atomic E-state index is 11.0. The summed E-state index contributed by atoms with van der Waals surface area (Å²) in [4.78, 5) is 0. The molecule has 0 heterocycles. The minimum Gasteiger partial charge on any atom is -0.396 e. The van der Waals surface area contributed by atoms with Crippen LogP contribution in [-0.4, -0.2) is 16.8 Å². The molecular formula is C17H18O2. The van der Waals surface area contributed by atoms with E-state index in [9.17, 15) is 10.2 Å². The first-order valence-electron chi connectivity index (χ1n) is 6.69. The van der Waals surface area contributed by atoms with Crippen LogP contribution in [0.5, 0.6) is 0 Å². The molecule has 1 fully saturated rings. The molecule has 0 bridgehead atoms. The van der Waals surface area contributed by atoms with Crippen LogP contribution in [0.4, 0.5) is 0 Å². The molecule has 1 aliphatic rings. The molecular weight excluding hydrogens is 236 g/mol. The highest BCUT2D eigenvalue weighted by Crippen LogP contribution is 2.56. The van der Waals surface area contributed by atoms with Crippen molar-refractivity contribution in [3.8, 4) is 0 Å². The summed E-state index contributed by atoms with van der Waals surface area (Å²) in [6, 6.07) is 19.8. The number of benzene rings is 2. The largest absolute Gasteiger partial charge is 0.396 e. The average Bonchev–Trinajstić information content (AvgIpc) is 2.46. The van der Waals surface area contributed by atoms with E-state index in [1.807, 2.05) is 60.7 Å². The zero-order chi connectivity index (χ0) is 13.3. The van der Waals surface area contributed by atoms with Gasteiger partial charge in [0.05, 0.1) is 5.60 Å². The lowest BCUT2D eigenvalue weighted by Gasteiger charge is -2.52. The van der Waals surface area contributed by atoms with Gasteiger partial charge in [0, 0.05) is 12.5 Å². The molecule has 19 heavy (non-hydrogen) atoms. The normalized spacial score (nSPS) is 29.8. The third kappa shape index (κ3) is 1.97. The van der Waals surface area contributed by atoms with E-state index in [1.54, 1.807) is 0 Å². The average molecular weight is 254 g/mol. The SMILES string of the molecule is OC[C@@H]1C[C@@](O)(c2ccccc2)[C@H]1c1ccccc1. The van der Waals surface area contributed by atoms with E-state index in [2.05, 4.69) is 0 Å². The second kappa shape index (κ2) is 4.80. The second-order valence-electron chi connectivity index (χ2n) is 5.33. The van der Waals surface area contributed by atoms with Crippen molar-refractivity contribution in [2.75, 3.05) is 6.61 Å². The summed E-state index contributed by atoms with van der Waals surface area (Å²) in [5.41, 5.74) is 1.18. The molecule has 2 nitrogen and oxygen atoms in total. The van der Waals surface area contributed by atoms with Gasteiger partial charge in [0.15, 0.2) is 0 Å². The van der Waals surface area contributed by atoms with E-state index in [0.29, 0.717) is 6.42 Å². The molecule has 0 radical (unpaired) electrons. The summed E-state index contributed by atoms with van der Waals surface area (Å²) in [6.07, 6.45) is 0.618. The molecule has 3 rings (SSSR count). The van der Waals surface area contributed by atoms with Gasteiger partial charge in [0.2, 0.25) is 0 Å². The Morgan fingerprint density at radius 3 is 2.11 bits per heavy atom. The molecule has 98 valence electrons. The van der Waals surface area contributed by atoms with Crippen molar-refractivity contribution in [3.63, 3.8) is 0 Å². The number of hydrogen-bond acceptors (Lipinski definition) is 2. The highest BCUT2D eigenvalue weighted by molar-refractivity contribution is 5.36. The molecule has 2 heteroatoms. The van der Waals surface area contributed by atoms with Gasteiger partial charge in [-0.25, -0.2) is 0 Å². The van der Waals surface area contributed by atoms with Crippen molar-refractivity contribution in [2.24, 2.45) is 5.92 Å². The maximum Gasteiger partial charge on any atom is 0.0972 e. The standard InChI is InChI=1S/C17H18O2/c18-12-14-11-17(19,15-9-5-2-6-10-15)16(14)13-7-3-1-4-8-13/h1-10,14,16,18-19H,11-12H2/t14-,16-,17+/m0/s1. The molecule has 2 aromatic carbocycles. The van der Waals surface area contributed by atoms with Gasteiger partial charge in [0.25, 0.3) is 0 Å². The van der Waals surface area contributed by atoms with Crippen LogP contribution < -0.4 is 0 Å². The van der Waals surface area contributed by atoms with Crippen molar-refractivity contribution >= 4 is 0 Å². The molecule has 3 atom stereocenters. The highest BCUT2D eigenvalue weighted by Gasteiger charge is 2.53. The van der Waals surface area contributed by atoms with E-state index < -0.39 is 5.60 Å². The second-order valence-corrected chi connectivity index (χ2v) is 5.33. The van der Waals surface area contributed by atoms with Gasteiger partial charge in [0.1, 0.15) is 0 Å². The van der Waals surface area contributed by atoms with Gasteiger partial charge < -0.3 is 10.2 Å². The van der Waals surface area contributed by atoms with Crippen LogP contribution in [0.2, 0.25) is 0 Å². The van der Waals surface area contributed by atoms with Crippen molar-refractivity contribution in [3.05, 3.63) is 71.8 Å². The Morgan fingerprint density at radius 2 is 1.53 bits per heavy atom. The predicted molar refractivity (Wildman–Crippen MR) is 74.7 cm³/mol. The number of aliphatic hydroxyl groups is 2. The fourth-order valence-corrected chi connectivity index (χ4v) is 3.28. The Hall–Kier alpha value is -1.64. The third-order valence-electron chi connectivity index (χ3n) is 4.23. The molecule has 2 aromatic rings. The Kier molecular flexibility index (Phi) is 3.13. The van der Waals surface area contributed by atoms with Crippen LogP contribution in [0.3, 0.4) is 0 Å². The van der Waals surface area contributed by atoms with E-state index in [-0.39, 0.29) is 18.4 Å². The molecule has 2 N–H and O–H groups in total. The number of hydrogen-bond donors (Lipinski definition) is 2. The van der Waals surface area contributed by atoms with E-state index >= 15 is 0 Å². The molecule has 1 saturated carbocycles. The van der Waals surface area contributed by atoms with Gasteiger partial charge in [-0.2, -0.15) is 0 Å². The summed E-state index contributed by atoms with van der Waals surface area (Å²) in [7, 11) is 0. The van der Waals surface area contributed by atoms with Crippen LogP contribution in [0, 0.1) is 5.92 Å². The first kappa shape index (κ1) is 12.4. The van der Waals surface area contributed by atoms with Crippen LogP contribution in [0.25, 0.3) is 0 Å². The summed E-state index contributed by atoms with van der Waals surface area (Å²) in [5, 5.41) is 20.5. The lowest BCUT2D eigenvalue weighted by atomic mass is 9.56. The monoisotopic (exact) mass is 254 g/mol.